The second-order valence-electron chi connectivity index (χ2n) is 3.09. The molecule has 0 saturated carbocycles. The molecule has 2 nitrogen and oxygen atoms in total. The maximum atomic E-state index is 4.15. The van der Waals surface area contributed by atoms with Crippen molar-refractivity contribution in [2.75, 3.05) is 0 Å². The lowest BCUT2D eigenvalue weighted by Crippen LogP contribution is -1.93. The van der Waals surface area contributed by atoms with Gasteiger partial charge in [0.1, 0.15) is 0 Å². The van der Waals surface area contributed by atoms with Crippen LogP contribution in [0.1, 0.15) is 18.2 Å². The molecular formula is C11H11N2. The molecule has 13 heavy (non-hydrogen) atoms. The van der Waals surface area contributed by atoms with Crippen LogP contribution in [0.25, 0.3) is 10.9 Å². The fourth-order valence-electron chi connectivity index (χ4n) is 1.57. The molecule has 0 spiro atoms. The monoisotopic (exact) mass is 171 g/mol. The Labute approximate surface area is 77.6 Å². The summed E-state index contributed by atoms with van der Waals surface area (Å²) in [7, 11) is 0. The minimum absolute atomic E-state index is 0.931. The largest absolute Gasteiger partial charge is 0.230 e. The van der Waals surface area contributed by atoms with Crippen molar-refractivity contribution in [3.05, 3.63) is 35.8 Å². The van der Waals surface area contributed by atoms with Crippen LogP contribution in [0.2, 0.25) is 0 Å². The SMILES string of the molecule is CCc1n[c]nc2cccc(C)c12. The molecule has 1 heterocycles. The van der Waals surface area contributed by atoms with Crippen molar-refractivity contribution in [2.45, 2.75) is 20.3 Å². The molecule has 0 bridgehead atoms. The van der Waals surface area contributed by atoms with Gasteiger partial charge in [-0.05, 0) is 25.0 Å². The minimum Gasteiger partial charge on any atom is -0.230 e. The molecular weight excluding hydrogens is 160 g/mol. The molecule has 1 radical (unpaired) electrons. The minimum atomic E-state index is 0.931. The highest BCUT2D eigenvalue weighted by Crippen LogP contribution is 2.18. The summed E-state index contributed by atoms with van der Waals surface area (Å²) in [5.74, 6) is 0. The van der Waals surface area contributed by atoms with E-state index in [0.29, 0.717) is 0 Å². The van der Waals surface area contributed by atoms with Gasteiger partial charge in [-0.3, -0.25) is 0 Å². The molecule has 0 aliphatic rings. The summed E-state index contributed by atoms with van der Waals surface area (Å²) >= 11 is 0. The van der Waals surface area contributed by atoms with E-state index in [-0.39, 0.29) is 0 Å². The van der Waals surface area contributed by atoms with Gasteiger partial charge in [-0.15, -0.1) is 0 Å². The Hall–Kier alpha value is -1.44. The summed E-state index contributed by atoms with van der Waals surface area (Å²) in [6.07, 6.45) is 3.61. The van der Waals surface area contributed by atoms with Crippen molar-refractivity contribution < 1.29 is 0 Å². The van der Waals surface area contributed by atoms with Gasteiger partial charge in [0.25, 0.3) is 0 Å². The standard InChI is InChI=1S/C11H11N2/c1-3-9-11-8(2)5-4-6-10(11)13-7-12-9/h4-6H,3H2,1-2H3. The Morgan fingerprint density at radius 3 is 2.92 bits per heavy atom. The van der Waals surface area contributed by atoms with Crippen molar-refractivity contribution in [3.63, 3.8) is 0 Å². The van der Waals surface area contributed by atoms with E-state index in [0.717, 1.165) is 17.6 Å². The number of aryl methyl sites for hydroxylation is 2. The first kappa shape index (κ1) is 8.17. The summed E-state index contributed by atoms with van der Waals surface area (Å²) in [5.41, 5.74) is 3.32. The van der Waals surface area contributed by atoms with Crippen molar-refractivity contribution in [1.82, 2.24) is 9.97 Å². The van der Waals surface area contributed by atoms with E-state index in [1.54, 1.807) is 0 Å². The number of rotatable bonds is 1. The van der Waals surface area contributed by atoms with Crippen LogP contribution < -0.4 is 0 Å². The lowest BCUT2D eigenvalue weighted by Gasteiger charge is -2.04. The second kappa shape index (κ2) is 3.13. The Morgan fingerprint density at radius 1 is 1.31 bits per heavy atom. The van der Waals surface area contributed by atoms with E-state index in [2.05, 4.69) is 36.2 Å². The quantitative estimate of drug-likeness (QED) is 0.658. The molecule has 1 aromatic heterocycles. The number of nitrogens with zero attached hydrogens (tertiary/aromatic N) is 2. The third-order valence-electron chi connectivity index (χ3n) is 2.23. The van der Waals surface area contributed by atoms with E-state index in [1.807, 2.05) is 12.1 Å². The van der Waals surface area contributed by atoms with Gasteiger partial charge < -0.3 is 0 Å². The van der Waals surface area contributed by atoms with Crippen LogP contribution >= 0.6 is 0 Å². The van der Waals surface area contributed by atoms with Gasteiger partial charge in [0, 0.05) is 5.39 Å². The summed E-state index contributed by atoms with van der Waals surface area (Å²) < 4.78 is 0. The molecule has 2 heteroatoms. The lowest BCUT2D eigenvalue weighted by molar-refractivity contribution is 1.02. The number of hydrogen-bond donors (Lipinski definition) is 0. The Morgan fingerprint density at radius 2 is 2.15 bits per heavy atom. The zero-order chi connectivity index (χ0) is 9.26. The fourth-order valence-corrected chi connectivity index (χ4v) is 1.57. The molecule has 0 aliphatic heterocycles. The highest BCUT2D eigenvalue weighted by atomic mass is 14.8. The fraction of sp³-hybridized carbons (Fsp3) is 0.273. The summed E-state index contributed by atoms with van der Waals surface area (Å²) in [5, 5.41) is 1.18. The van der Waals surface area contributed by atoms with Crippen LogP contribution in [0.4, 0.5) is 0 Å². The maximum Gasteiger partial charge on any atom is 0.198 e. The van der Waals surface area contributed by atoms with E-state index in [4.69, 9.17) is 0 Å². The number of fused-ring (bicyclic) bond motifs is 1. The molecule has 0 atom stereocenters. The van der Waals surface area contributed by atoms with Crippen LogP contribution in [-0.4, -0.2) is 9.97 Å². The average molecular weight is 171 g/mol. The smallest absolute Gasteiger partial charge is 0.198 e. The van der Waals surface area contributed by atoms with E-state index in [9.17, 15) is 0 Å². The maximum absolute atomic E-state index is 4.15. The molecule has 2 aromatic rings. The van der Waals surface area contributed by atoms with Crippen LogP contribution in [0.5, 0.6) is 0 Å². The van der Waals surface area contributed by atoms with Crippen molar-refractivity contribution >= 4 is 10.9 Å². The topological polar surface area (TPSA) is 25.8 Å². The second-order valence-corrected chi connectivity index (χ2v) is 3.09. The first-order valence-corrected chi connectivity index (χ1v) is 4.45. The molecule has 0 N–H and O–H groups in total. The van der Waals surface area contributed by atoms with Gasteiger partial charge in [-0.25, -0.2) is 9.97 Å². The first-order chi connectivity index (χ1) is 6.33. The molecule has 1 aromatic carbocycles. The molecule has 0 fully saturated rings. The van der Waals surface area contributed by atoms with Crippen molar-refractivity contribution in [2.24, 2.45) is 0 Å². The van der Waals surface area contributed by atoms with Gasteiger partial charge in [0.15, 0.2) is 6.33 Å². The molecule has 0 saturated heterocycles. The Balaban J connectivity index is 2.87. The van der Waals surface area contributed by atoms with Crippen LogP contribution in [0.3, 0.4) is 0 Å². The van der Waals surface area contributed by atoms with Gasteiger partial charge in [0.2, 0.25) is 0 Å². The Kier molecular flexibility index (Phi) is 1.97. The molecule has 2 rings (SSSR count). The van der Waals surface area contributed by atoms with Gasteiger partial charge in [0.05, 0.1) is 11.2 Å². The number of hydrogen-bond acceptors (Lipinski definition) is 2. The average Bonchev–Trinajstić information content (AvgIpc) is 2.17. The highest BCUT2D eigenvalue weighted by molar-refractivity contribution is 5.83. The molecule has 0 amide bonds. The predicted octanol–water partition coefficient (Wildman–Crippen LogP) is 2.30. The summed E-state index contributed by atoms with van der Waals surface area (Å²) in [4.78, 5) is 8.26. The third-order valence-corrected chi connectivity index (χ3v) is 2.23. The van der Waals surface area contributed by atoms with E-state index in [1.165, 1.54) is 10.9 Å². The zero-order valence-corrected chi connectivity index (χ0v) is 7.83. The first-order valence-electron chi connectivity index (χ1n) is 4.45. The lowest BCUT2D eigenvalue weighted by atomic mass is 10.1. The van der Waals surface area contributed by atoms with Crippen molar-refractivity contribution in [3.8, 4) is 0 Å². The van der Waals surface area contributed by atoms with E-state index >= 15 is 0 Å². The third kappa shape index (κ3) is 1.28. The normalized spacial score (nSPS) is 10.6. The van der Waals surface area contributed by atoms with Crippen LogP contribution in [-0.2, 0) is 6.42 Å². The van der Waals surface area contributed by atoms with Gasteiger partial charge in [-0.1, -0.05) is 19.1 Å². The summed E-state index contributed by atoms with van der Waals surface area (Å²) in [6.45, 7) is 4.19. The van der Waals surface area contributed by atoms with Crippen LogP contribution in [0, 0.1) is 13.3 Å². The Bertz CT molecular complexity index is 430. The van der Waals surface area contributed by atoms with Gasteiger partial charge >= 0.3 is 0 Å². The number of benzene rings is 1. The van der Waals surface area contributed by atoms with E-state index < -0.39 is 0 Å². The predicted molar refractivity (Wildman–Crippen MR) is 52.5 cm³/mol. The van der Waals surface area contributed by atoms with Crippen molar-refractivity contribution in [1.29, 1.82) is 0 Å². The highest BCUT2D eigenvalue weighted by Gasteiger charge is 2.03. The van der Waals surface area contributed by atoms with Crippen LogP contribution in [0.15, 0.2) is 18.2 Å². The number of aromatic nitrogens is 2. The molecule has 0 unspecified atom stereocenters. The molecule has 0 aliphatic carbocycles. The zero-order valence-electron chi connectivity index (χ0n) is 7.83. The summed E-state index contributed by atoms with van der Waals surface area (Å²) in [6, 6.07) is 6.10. The molecule has 65 valence electrons. The van der Waals surface area contributed by atoms with Gasteiger partial charge in [-0.2, -0.15) is 0 Å².